The summed E-state index contributed by atoms with van der Waals surface area (Å²) in [7, 11) is 2.01. The van der Waals surface area contributed by atoms with Gasteiger partial charge in [-0.1, -0.05) is 40.2 Å². The monoisotopic (exact) mass is 419 g/mol. The highest BCUT2D eigenvalue weighted by molar-refractivity contribution is 9.10. The smallest absolute Gasteiger partial charge is 0.135 e. The molecule has 4 rings (SSSR count). The SMILES string of the molecule is Cn1c(C=C(C#N)c2nc3ccccc3s2)ccc1-c1ccc(Br)cc1. The predicted molar refractivity (Wildman–Crippen MR) is 112 cm³/mol. The molecular weight excluding hydrogens is 406 g/mol. The Kier molecular flexibility index (Phi) is 4.46. The first-order valence-corrected chi connectivity index (χ1v) is 9.66. The summed E-state index contributed by atoms with van der Waals surface area (Å²) in [4.78, 5) is 4.60. The van der Waals surface area contributed by atoms with Crippen molar-refractivity contribution in [3.05, 3.63) is 75.8 Å². The van der Waals surface area contributed by atoms with Crippen LogP contribution in [0.3, 0.4) is 0 Å². The Labute approximate surface area is 164 Å². The number of allylic oxidation sites excluding steroid dienone is 1. The second-order valence-electron chi connectivity index (χ2n) is 5.87. The lowest BCUT2D eigenvalue weighted by Gasteiger charge is -2.06. The molecule has 2 heterocycles. The molecule has 0 saturated heterocycles. The van der Waals surface area contributed by atoms with Gasteiger partial charge in [-0.05, 0) is 48.0 Å². The van der Waals surface area contributed by atoms with E-state index in [0.29, 0.717) is 5.57 Å². The summed E-state index contributed by atoms with van der Waals surface area (Å²) >= 11 is 5.01. The number of rotatable bonds is 3. The zero-order valence-electron chi connectivity index (χ0n) is 14.0. The molecule has 26 heavy (non-hydrogen) atoms. The standard InChI is InChI=1S/C21H14BrN3S/c1-25-17(10-11-19(25)14-6-8-16(22)9-7-14)12-15(13-23)21-24-18-4-2-3-5-20(18)26-21/h2-12H,1H3. The minimum atomic E-state index is 0.578. The number of hydrogen-bond acceptors (Lipinski definition) is 3. The van der Waals surface area contributed by atoms with Crippen LogP contribution in [0.25, 0.3) is 33.1 Å². The molecule has 126 valence electrons. The van der Waals surface area contributed by atoms with Gasteiger partial charge < -0.3 is 4.57 Å². The lowest BCUT2D eigenvalue weighted by molar-refractivity contribution is 0.924. The lowest BCUT2D eigenvalue weighted by atomic mass is 10.1. The highest BCUT2D eigenvalue weighted by Gasteiger charge is 2.11. The van der Waals surface area contributed by atoms with E-state index in [1.54, 1.807) is 11.3 Å². The van der Waals surface area contributed by atoms with Crippen LogP contribution in [-0.4, -0.2) is 9.55 Å². The van der Waals surface area contributed by atoms with Crippen molar-refractivity contribution in [1.82, 2.24) is 9.55 Å². The Morgan fingerprint density at radius 3 is 2.62 bits per heavy atom. The predicted octanol–water partition coefficient (Wildman–Crippen LogP) is 6.13. The molecule has 0 spiro atoms. The maximum Gasteiger partial charge on any atom is 0.135 e. The molecule has 0 aliphatic rings. The molecule has 0 unspecified atom stereocenters. The molecule has 0 aliphatic carbocycles. The van der Waals surface area contributed by atoms with Gasteiger partial charge in [0, 0.05) is 22.9 Å². The van der Waals surface area contributed by atoms with Crippen molar-refractivity contribution in [3.8, 4) is 17.3 Å². The second-order valence-corrected chi connectivity index (χ2v) is 7.81. The van der Waals surface area contributed by atoms with Gasteiger partial charge in [0.15, 0.2) is 0 Å². The Morgan fingerprint density at radius 1 is 1.12 bits per heavy atom. The number of para-hydroxylation sites is 1. The van der Waals surface area contributed by atoms with E-state index in [-0.39, 0.29) is 0 Å². The van der Waals surface area contributed by atoms with E-state index in [4.69, 9.17) is 0 Å². The van der Waals surface area contributed by atoms with Crippen LogP contribution in [0.15, 0.2) is 65.1 Å². The molecule has 2 aromatic carbocycles. The van der Waals surface area contributed by atoms with Crippen molar-refractivity contribution in [3.63, 3.8) is 0 Å². The molecule has 0 saturated carbocycles. The highest BCUT2D eigenvalue weighted by Crippen LogP contribution is 2.29. The van der Waals surface area contributed by atoms with Gasteiger partial charge in [-0.15, -0.1) is 11.3 Å². The quantitative estimate of drug-likeness (QED) is 0.374. The molecule has 0 radical (unpaired) electrons. The summed E-state index contributed by atoms with van der Waals surface area (Å²) in [5.74, 6) is 0. The Bertz CT molecular complexity index is 1130. The fourth-order valence-corrected chi connectivity index (χ4v) is 4.06. The largest absolute Gasteiger partial charge is 0.344 e. The van der Waals surface area contributed by atoms with Crippen LogP contribution in [0.2, 0.25) is 0 Å². The van der Waals surface area contributed by atoms with Gasteiger partial charge in [0.25, 0.3) is 0 Å². The maximum atomic E-state index is 9.65. The van der Waals surface area contributed by atoms with E-state index in [1.165, 1.54) is 0 Å². The molecule has 0 aliphatic heterocycles. The molecule has 4 aromatic rings. The average molecular weight is 420 g/mol. The number of hydrogen-bond donors (Lipinski definition) is 0. The van der Waals surface area contributed by atoms with Crippen LogP contribution in [0.5, 0.6) is 0 Å². The topological polar surface area (TPSA) is 41.6 Å². The van der Waals surface area contributed by atoms with Crippen LogP contribution >= 0.6 is 27.3 Å². The van der Waals surface area contributed by atoms with Gasteiger partial charge in [-0.25, -0.2) is 4.98 Å². The van der Waals surface area contributed by atoms with Gasteiger partial charge in [0.05, 0.1) is 15.8 Å². The van der Waals surface area contributed by atoms with Crippen molar-refractivity contribution in [2.75, 3.05) is 0 Å². The highest BCUT2D eigenvalue weighted by atomic mass is 79.9. The molecule has 2 aromatic heterocycles. The average Bonchev–Trinajstić information content (AvgIpc) is 3.24. The molecule has 0 fully saturated rings. The fourth-order valence-electron chi connectivity index (χ4n) is 2.86. The number of benzene rings is 2. The van der Waals surface area contributed by atoms with E-state index >= 15 is 0 Å². The van der Waals surface area contributed by atoms with Crippen LogP contribution < -0.4 is 0 Å². The zero-order chi connectivity index (χ0) is 18.1. The van der Waals surface area contributed by atoms with Gasteiger partial charge in [-0.2, -0.15) is 5.26 Å². The molecule has 0 bridgehead atoms. The lowest BCUT2D eigenvalue weighted by Crippen LogP contribution is -1.94. The Hall–Kier alpha value is -2.68. The summed E-state index contributed by atoms with van der Waals surface area (Å²) in [6.07, 6.45) is 1.90. The van der Waals surface area contributed by atoms with Crippen molar-refractivity contribution < 1.29 is 0 Å². The minimum absolute atomic E-state index is 0.578. The first-order valence-electron chi connectivity index (χ1n) is 8.05. The van der Waals surface area contributed by atoms with Crippen LogP contribution in [0, 0.1) is 11.3 Å². The number of aromatic nitrogens is 2. The van der Waals surface area contributed by atoms with Crippen LogP contribution in [0.1, 0.15) is 10.7 Å². The molecule has 3 nitrogen and oxygen atoms in total. The van der Waals surface area contributed by atoms with Crippen molar-refractivity contribution >= 4 is 49.1 Å². The van der Waals surface area contributed by atoms with E-state index in [1.807, 2.05) is 55.6 Å². The fraction of sp³-hybridized carbons (Fsp3) is 0.0476. The van der Waals surface area contributed by atoms with Gasteiger partial charge in [-0.3, -0.25) is 0 Å². The normalized spacial score (nSPS) is 11.7. The summed E-state index contributed by atoms with van der Waals surface area (Å²) in [5, 5.41) is 10.4. The summed E-state index contributed by atoms with van der Waals surface area (Å²) in [5.41, 5.74) is 4.71. The molecule has 0 amide bonds. The summed E-state index contributed by atoms with van der Waals surface area (Å²) in [6.45, 7) is 0. The maximum absolute atomic E-state index is 9.65. The molecular formula is C21H14BrN3S. The number of halogens is 1. The summed E-state index contributed by atoms with van der Waals surface area (Å²) < 4.78 is 4.23. The van der Waals surface area contributed by atoms with Crippen molar-refractivity contribution in [2.45, 2.75) is 0 Å². The third kappa shape index (κ3) is 3.10. The first kappa shape index (κ1) is 16.8. The van der Waals surface area contributed by atoms with Crippen molar-refractivity contribution in [1.29, 1.82) is 5.26 Å². The number of fused-ring (bicyclic) bond motifs is 1. The van der Waals surface area contributed by atoms with Gasteiger partial charge in [0.2, 0.25) is 0 Å². The summed E-state index contributed by atoms with van der Waals surface area (Å²) in [6, 6.07) is 22.6. The molecule has 0 atom stereocenters. The van der Waals surface area contributed by atoms with Gasteiger partial charge in [0.1, 0.15) is 11.1 Å². The minimum Gasteiger partial charge on any atom is -0.344 e. The van der Waals surface area contributed by atoms with E-state index in [9.17, 15) is 5.26 Å². The Balaban J connectivity index is 1.75. The third-order valence-corrected chi connectivity index (χ3v) is 5.84. The number of nitriles is 1. The second kappa shape index (κ2) is 6.91. The van der Waals surface area contributed by atoms with E-state index in [2.05, 4.69) is 49.7 Å². The van der Waals surface area contributed by atoms with E-state index < -0.39 is 0 Å². The Morgan fingerprint density at radius 2 is 1.88 bits per heavy atom. The van der Waals surface area contributed by atoms with Crippen molar-refractivity contribution in [2.24, 2.45) is 7.05 Å². The van der Waals surface area contributed by atoms with Crippen LogP contribution in [-0.2, 0) is 7.05 Å². The van der Waals surface area contributed by atoms with E-state index in [0.717, 1.165) is 36.6 Å². The number of thiazole rings is 1. The molecule has 5 heteroatoms. The van der Waals surface area contributed by atoms with Gasteiger partial charge >= 0.3 is 0 Å². The molecule has 0 N–H and O–H groups in total. The first-order chi connectivity index (χ1) is 12.7. The third-order valence-electron chi connectivity index (χ3n) is 4.24. The number of nitrogens with zero attached hydrogens (tertiary/aromatic N) is 3. The zero-order valence-corrected chi connectivity index (χ0v) is 16.4. The van der Waals surface area contributed by atoms with Crippen LogP contribution in [0.4, 0.5) is 0 Å².